The average molecular weight is 282 g/mol. The minimum atomic E-state index is 0.0395. The summed E-state index contributed by atoms with van der Waals surface area (Å²) in [5.41, 5.74) is 17.4. The van der Waals surface area contributed by atoms with Gasteiger partial charge in [-0.3, -0.25) is 0 Å². The van der Waals surface area contributed by atoms with Crippen molar-refractivity contribution in [3.8, 4) is 0 Å². The van der Waals surface area contributed by atoms with Gasteiger partial charge in [0, 0.05) is 18.0 Å². The fourth-order valence-corrected chi connectivity index (χ4v) is 3.09. The van der Waals surface area contributed by atoms with Gasteiger partial charge in [0.2, 0.25) is 0 Å². The van der Waals surface area contributed by atoms with E-state index >= 15 is 0 Å². The summed E-state index contributed by atoms with van der Waals surface area (Å²) in [7, 11) is 0. The van der Waals surface area contributed by atoms with Gasteiger partial charge in [0.25, 0.3) is 0 Å². The van der Waals surface area contributed by atoms with E-state index in [1.54, 1.807) is 0 Å². The molecule has 0 bridgehead atoms. The van der Waals surface area contributed by atoms with Crippen molar-refractivity contribution < 1.29 is 0 Å². The van der Waals surface area contributed by atoms with Gasteiger partial charge in [0.05, 0.1) is 0 Å². The first kappa shape index (κ1) is 15.7. The molecule has 2 unspecified atom stereocenters. The summed E-state index contributed by atoms with van der Waals surface area (Å²) in [6, 6.07) is 17.1. The standard InChI is InChI=1S/C19H26N2/c1-4-15(18-11-7-5-9-16(18)13(2)20)19-12-8-6-10-17(19)14(3)21/h5-15H,4,20-21H2,1-3H3. The van der Waals surface area contributed by atoms with Crippen LogP contribution in [-0.4, -0.2) is 0 Å². The molecule has 2 rings (SSSR count). The molecule has 21 heavy (non-hydrogen) atoms. The number of hydrogen-bond acceptors (Lipinski definition) is 2. The Morgan fingerprint density at radius 3 is 1.33 bits per heavy atom. The topological polar surface area (TPSA) is 52.0 Å². The first-order valence-corrected chi connectivity index (χ1v) is 7.75. The van der Waals surface area contributed by atoms with Gasteiger partial charge in [-0.2, -0.15) is 0 Å². The molecule has 0 saturated carbocycles. The van der Waals surface area contributed by atoms with Crippen molar-refractivity contribution in [3.63, 3.8) is 0 Å². The Hall–Kier alpha value is -1.64. The van der Waals surface area contributed by atoms with E-state index in [1.165, 1.54) is 22.3 Å². The third kappa shape index (κ3) is 3.34. The molecule has 0 radical (unpaired) electrons. The van der Waals surface area contributed by atoms with E-state index in [-0.39, 0.29) is 12.1 Å². The predicted octanol–water partition coefficient (Wildman–Crippen LogP) is 4.27. The Kier molecular flexibility index (Phi) is 5.16. The second-order valence-corrected chi connectivity index (χ2v) is 5.80. The van der Waals surface area contributed by atoms with Crippen LogP contribution in [0.25, 0.3) is 0 Å². The molecule has 0 aliphatic carbocycles. The van der Waals surface area contributed by atoms with Gasteiger partial charge in [-0.05, 0) is 42.5 Å². The number of hydrogen-bond donors (Lipinski definition) is 2. The summed E-state index contributed by atoms with van der Waals surface area (Å²) in [4.78, 5) is 0. The van der Waals surface area contributed by atoms with Crippen LogP contribution in [-0.2, 0) is 0 Å². The Balaban J connectivity index is 2.56. The molecule has 2 heteroatoms. The number of nitrogens with two attached hydrogens (primary N) is 2. The molecule has 2 aromatic carbocycles. The maximum absolute atomic E-state index is 6.16. The number of rotatable bonds is 5. The van der Waals surface area contributed by atoms with Crippen LogP contribution in [0, 0.1) is 0 Å². The zero-order valence-corrected chi connectivity index (χ0v) is 13.2. The van der Waals surface area contributed by atoms with Gasteiger partial charge in [0.15, 0.2) is 0 Å². The van der Waals surface area contributed by atoms with Gasteiger partial charge in [-0.25, -0.2) is 0 Å². The largest absolute Gasteiger partial charge is 0.324 e. The van der Waals surface area contributed by atoms with E-state index in [9.17, 15) is 0 Å². The highest BCUT2D eigenvalue weighted by atomic mass is 14.6. The molecule has 0 aliphatic rings. The van der Waals surface area contributed by atoms with Crippen LogP contribution in [0.15, 0.2) is 48.5 Å². The summed E-state index contributed by atoms with van der Waals surface area (Å²) < 4.78 is 0. The summed E-state index contributed by atoms with van der Waals surface area (Å²) in [6.45, 7) is 6.31. The van der Waals surface area contributed by atoms with Crippen LogP contribution >= 0.6 is 0 Å². The fourth-order valence-electron chi connectivity index (χ4n) is 3.09. The van der Waals surface area contributed by atoms with Crippen LogP contribution < -0.4 is 11.5 Å². The van der Waals surface area contributed by atoms with E-state index in [0.29, 0.717) is 5.92 Å². The van der Waals surface area contributed by atoms with E-state index in [0.717, 1.165) is 6.42 Å². The first-order valence-electron chi connectivity index (χ1n) is 7.75. The van der Waals surface area contributed by atoms with Gasteiger partial charge < -0.3 is 11.5 Å². The van der Waals surface area contributed by atoms with Gasteiger partial charge in [0.1, 0.15) is 0 Å². The molecular formula is C19H26N2. The van der Waals surface area contributed by atoms with Crippen LogP contribution in [0.1, 0.15) is 67.4 Å². The number of benzene rings is 2. The summed E-state index contributed by atoms with van der Waals surface area (Å²) in [5, 5.41) is 0. The second kappa shape index (κ2) is 6.88. The normalized spacial score (nSPS) is 15.5. The lowest BCUT2D eigenvalue weighted by molar-refractivity contribution is 0.707. The van der Waals surface area contributed by atoms with Gasteiger partial charge >= 0.3 is 0 Å². The van der Waals surface area contributed by atoms with Crippen molar-refractivity contribution in [2.45, 2.75) is 45.2 Å². The van der Waals surface area contributed by atoms with Crippen molar-refractivity contribution in [1.29, 1.82) is 0 Å². The summed E-state index contributed by atoms with van der Waals surface area (Å²) >= 11 is 0. The zero-order chi connectivity index (χ0) is 15.4. The van der Waals surface area contributed by atoms with Gasteiger partial charge in [-0.15, -0.1) is 0 Å². The van der Waals surface area contributed by atoms with Crippen molar-refractivity contribution in [2.75, 3.05) is 0 Å². The molecule has 2 aromatic rings. The summed E-state index contributed by atoms with van der Waals surface area (Å²) in [5.74, 6) is 0.342. The maximum Gasteiger partial charge on any atom is 0.0269 e. The minimum absolute atomic E-state index is 0.0395. The molecule has 0 fully saturated rings. The highest BCUT2D eigenvalue weighted by molar-refractivity contribution is 5.43. The van der Waals surface area contributed by atoms with Crippen molar-refractivity contribution in [2.24, 2.45) is 11.5 Å². The van der Waals surface area contributed by atoms with Crippen LogP contribution in [0.2, 0.25) is 0 Å². The van der Waals surface area contributed by atoms with E-state index in [4.69, 9.17) is 11.5 Å². The highest BCUT2D eigenvalue weighted by Gasteiger charge is 2.20. The second-order valence-electron chi connectivity index (χ2n) is 5.80. The predicted molar refractivity (Wildman–Crippen MR) is 90.2 cm³/mol. The lowest BCUT2D eigenvalue weighted by Crippen LogP contribution is -2.15. The molecule has 0 saturated heterocycles. The highest BCUT2D eigenvalue weighted by Crippen LogP contribution is 2.35. The Labute approximate surface area is 128 Å². The lowest BCUT2D eigenvalue weighted by atomic mass is 9.81. The van der Waals surface area contributed by atoms with E-state index in [1.807, 2.05) is 13.8 Å². The Morgan fingerprint density at radius 2 is 1.05 bits per heavy atom. The fraction of sp³-hybridized carbons (Fsp3) is 0.368. The van der Waals surface area contributed by atoms with Crippen LogP contribution in [0.4, 0.5) is 0 Å². The van der Waals surface area contributed by atoms with Gasteiger partial charge in [-0.1, -0.05) is 55.5 Å². The van der Waals surface area contributed by atoms with Crippen molar-refractivity contribution in [3.05, 3.63) is 70.8 Å². The molecule has 2 atom stereocenters. The molecule has 2 nitrogen and oxygen atoms in total. The molecule has 0 spiro atoms. The molecular weight excluding hydrogens is 256 g/mol. The molecule has 0 amide bonds. The smallest absolute Gasteiger partial charge is 0.0269 e. The monoisotopic (exact) mass is 282 g/mol. The van der Waals surface area contributed by atoms with Crippen LogP contribution in [0.5, 0.6) is 0 Å². The van der Waals surface area contributed by atoms with E-state index in [2.05, 4.69) is 55.5 Å². The SMILES string of the molecule is CCC(c1ccccc1C(C)N)c1ccccc1C(C)N. The van der Waals surface area contributed by atoms with E-state index < -0.39 is 0 Å². The molecule has 4 N–H and O–H groups in total. The summed E-state index contributed by atoms with van der Waals surface area (Å²) in [6.07, 6.45) is 1.04. The molecule has 0 aromatic heterocycles. The molecule has 0 aliphatic heterocycles. The Morgan fingerprint density at radius 1 is 0.714 bits per heavy atom. The van der Waals surface area contributed by atoms with Crippen molar-refractivity contribution in [1.82, 2.24) is 0 Å². The average Bonchev–Trinajstić information content (AvgIpc) is 2.48. The maximum atomic E-state index is 6.16. The Bertz CT molecular complexity index is 536. The quantitative estimate of drug-likeness (QED) is 0.860. The third-order valence-electron chi connectivity index (χ3n) is 4.13. The molecule has 0 heterocycles. The van der Waals surface area contributed by atoms with Crippen LogP contribution in [0.3, 0.4) is 0 Å². The first-order chi connectivity index (χ1) is 10.1. The van der Waals surface area contributed by atoms with Crippen molar-refractivity contribution >= 4 is 0 Å². The third-order valence-corrected chi connectivity index (χ3v) is 4.13. The lowest BCUT2D eigenvalue weighted by Gasteiger charge is -2.24. The minimum Gasteiger partial charge on any atom is -0.324 e. The molecule has 112 valence electrons. The zero-order valence-electron chi connectivity index (χ0n) is 13.2.